The van der Waals surface area contributed by atoms with Crippen LogP contribution in [0.2, 0.25) is 0 Å². The Morgan fingerprint density at radius 2 is 1.71 bits per heavy atom. The van der Waals surface area contributed by atoms with E-state index in [0.717, 1.165) is 17.6 Å². The van der Waals surface area contributed by atoms with E-state index in [1.807, 2.05) is 0 Å². The van der Waals surface area contributed by atoms with Crippen LogP contribution in [0.4, 0.5) is 0 Å². The van der Waals surface area contributed by atoms with E-state index in [4.69, 9.17) is 9.57 Å². The summed E-state index contributed by atoms with van der Waals surface area (Å²) in [5.41, 5.74) is 1.39. The highest BCUT2D eigenvalue weighted by Crippen LogP contribution is 2.57. The SMILES string of the molecule is COn1c(O)c2c(c1O)C1CCC2O1. The fourth-order valence-electron chi connectivity index (χ4n) is 2.43. The molecule has 0 aliphatic carbocycles. The van der Waals surface area contributed by atoms with Crippen LogP contribution in [0.1, 0.15) is 36.2 Å². The minimum Gasteiger partial charge on any atom is -0.492 e. The molecule has 76 valence electrons. The van der Waals surface area contributed by atoms with E-state index in [1.165, 1.54) is 7.11 Å². The summed E-state index contributed by atoms with van der Waals surface area (Å²) in [6.07, 6.45) is 1.66. The Morgan fingerprint density at radius 3 is 2.14 bits per heavy atom. The van der Waals surface area contributed by atoms with Crippen LogP contribution in [-0.4, -0.2) is 22.1 Å². The Kier molecular flexibility index (Phi) is 1.35. The van der Waals surface area contributed by atoms with E-state index in [9.17, 15) is 10.2 Å². The molecule has 2 aliphatic heterocycles. The Morgan fingerprint density at radius 1 is 1.21 bits per heavy atom. The van der Waals surface area contributed by atoms with Gasteiger partial charge in [0.05, 0.1) is 23.3 Å². The van der Waals surface area contributed by atoms with Crippen molar-refractivity contribution in [2.24, 2.45) is 0 Å². The van der Waals surface area contributed by atoms with Crippen molar-refractivity contribution in [3.8, 4) is 11.8 Å². The van der Waals surface area contributed by atoms with Crippen molar-refractivity contribution in [3.63, 3.8) is 0 Å². The third kappa shape index (κ3) is 0.698. The zero-order valence-corrected chi connectivity index (χ0v) is 7.73. The number of hydrogen-bond acceptors (Lipinski definition) is 4. The number of aromatic nitrogens is 1. The van der Waals surface area contributed by atoms with Crippen molar-refractivity contribution in [1.82, 2.24) is 4.73 Å². The highest BCUT2D eigenvalue weighted by Gasteiger charge is 2.45. The number of fused-ring (bicyclic) bond motifs is 5. The quantitative estimate of drug-likeness (QED) is 0.701. The van der Waals surface area contributed by atoms with Crippen molar-refractivity contribution >= 4 is 0 Å². The molecule has 14 heavy (non-hydrogen) atoms. The third-order valence-electron chi connectivity index (χ3n) is 3.00. The first-order valence-corrected chi connectivity index (χ1v) is 4.60. The van der Waals surface area contributed by atoms with Gasteiger partial charge in [0.1, 0.15) is 7.11 Å². The van der Waals surface area contributed by atoms with Gasteiger partial charge in [-0.1, -0.05) is 0 Å². The smallest absolute Gasteiger partial charge is 0.235 e. The summed E-state index contributed by atoms with van der Waals surface area (Å²) in [6, 6.07) is 0. The first-order chi connectivity index (χ1) is 6.74. The van der Waals surface area contributed by atoms with Gasteiger partial charge in [-0.05, 0) is 12.8 Å². The minimum atomic E-state index is -0.0719. The van der Waals surface area contributed by atoms with E-state index in [-0.39, 0.29) is 24.0 Å². The summed E-state index contributed by atoms with van der Waals surface area (Å²) in [5, 5.41) is 19.5. The van der Waals surface area contributed by atoms with Crippen LogP contribution in [-0.2, 0) is 4.74 Å². The van der Waals surface area contributed by atoms with Crippen molar-refractivity contribution in [2.75, 3.05) is 7.11 Å². The van der Waals surface area contributed by atoms with E-state index < -0.39 is 0 Å². The first-order valence-electron chi connectivity index (χ1n) is 4.60. The number of nitrogens with zero attached hydrogens (tertiary/aromatic N) is 1. The standard InChI is InChI=1S/C9H11NO4/c1-13-10-8(11)6-4-2-3-5(14-4)7(6)9(10)12/h4-5,11-12H,2-3H2,1H3. The lowest BCUT2D eigenvalue weighted by Crippen LogP contribution is -2.05. The molecule has 0 amide bonds. The van der Waals surface area contributed by atoms with Crippen molar-refractivity contribution in [1.29, 1.82) is 0 Å². The second-order valence-electron chi connectivity index (χ2n) is 3.64. The maximum absolute atomic E-state index is 9.75. The number of aromatic hydroxyl groups is 2. The summed E-state index contributed by atoms with van der Waals surface area (Å²) in [6.45, 7) is 0. The molecule has 1 aromatic rings. The summed E-state index contributed by atoms with van der Waals surface area (Å²) in [5.74, 6) is -0.0700. The monoisotopic (exact) mass is 197 g/mol. The van der Waals surface area contributed by atoms with Crippen LogP contribution in [0.15, 0.2) is 0 Å². The van der Waals surface area contributed by atoms with Crippen LogP contribution in [0.25, 0.3) is 0 Å². The van der Waals surface area contributed by atoms with Gasteiger partial charge in [0.15, 0.2) is 0 Å². The fraction of sp³-hybridized carbons (Fsp3) is 0.556. The lowest BCUT2D eigenvalue weighted by molar-refractivity contribution is 0.0588. The number of hydrogen-bond donors (Lipinski definition) is 2. The highest BCUT2D eigenvalue weighted by atomic mass is 16.7. The minimum absolute atomic E-state index is 0.0350. The summed E-state index contributed by atoms with van der Waals surface area (Å²) in [7, 11) is 1.40. The van der Waals surface area contributed by atoms with Crippen LogP contribution in [0.3, 0.4) is 0 Å². The lowest BCUT2D eigenvalue weighted by atomic mass is 9.95. The summed E-state index contributed by atoms with van der Waals surface area (Å²) < 4.78 is 6.60. The highest BCUT2D eigenvalue weighted by molar-refractivity contribution is 5.51. The van der Waals surface area contributed by atoms with Crippen molar-refractivity contribution in [3.05, 3.63) is 11.1 Å². The molecule has 2 atom stereocenters. The summed E-state index contributed by atoms with van der Waals surface area (Å²) >= 11 is 0. The molecule has 2 bridgehead atoms. The van der Waals surface area contributed by atoms with Crippen LogP contribution < -0.4 is 4.84 Å². The lowest BCUT2D eigenvalue weighted by Gasteiger charge is -2.07. The molecule has 0 radical (unpaired) electrons. The molecule has 5 heteroatoms. The predicted octanol–water partition coefficient (Wildman–Crippen LogP) is 0.864. The zero-order valence-electron chi connectivity index (χ0n) is 7.73. The van der Waals surface area contributed by atoms with Gasteiger partial charge in [-0.3, -0.25) is 0 Å². The fourth-order valence-corrected chi connectivity index (χ4v) is 2.43. The molecule has 0 aromatic carbocycles. The van der Waals surface area contributed by atoms with Gasteiger partial charge in [0.25, 0.3) is 0 Å². The van der Waals surface area contributed by atoms with E-state index >= 15 is 0 Å². The number of ether oxygens (including phenoxy) is 1. The second kappa shape index (κ2) is 2.36. The van der Waals surface area contributed by atoms with Gasteiger partial charge in [0, 0.05) is 0 Å². The normalized spacial score (nSPS) is 28.1. The predicted molar refractivity (Wildman–Crippen MR) is 46.1 cm³/mol. The van der Waals surface area contributed by atoms with E-state index in [2.05, 4.69) is 0 Å². The molecule has 1 saturated heterocycles. The Balaban J connectivity index is 2.25. The first kappa shape index (κ1) is 7.99. The molecule has 0 spiro atoms. The van der Waals surface area contributed by atoms with E-state index in [1.54, 1.807) is 0 Å². The van der Waals surface area contributed by atoms with E-state index in [0.29, 0.717) is 11.1 Å². The molecule has 2 N–H and O–H groups in total. The molecule has 5 nitrogen and oxygen atoms in total. The molecule has 1 aromatic heterocycles. The molecule has 3 heterocycles. The molecule has 2 unspecified atom stereocenters. The molecule has 3 rings (SSSR count). The van der Waals surface area contributed by atoms with Gasteiger partial charge in [-0.2, -0.15) is 0 Å². The molecule has 0 saturated carbocycles. The molecule has 2 aliphatic rings. The number of rotatable bonds is 1. The molecular weight excluding hydrogens is 186 g/mol. The second-order valence-corrected chi connectivity index (χ2v) is 3.64. The van der Waals surface area contributed by atoms with Crippen LogP contribution in [0, 0.1) is 0 Å². The largest absolute Gasteiger partial charge is 0.492 e. The Labute approximate surface area is 80.4 Å². The topological polar surface area (TPSA) is 63.9 Å². The van der Waals surface area contributed by atoms with Crippen LogP contribution in [0.5, 0.6) is 11.8 Å². The summed E-state index contributed by atoms with van der Waals surface area (Å²) in [4.78, 5) is 4.86. The molecular formula is C9H11NO4. The van der Waals surface area contributed by atoms with Gasteiger partial charge in [0.2, 0.25) is 11.8 Å². The maximum Gasteiger partial charge on any atom is 0.235 e. The van der Waals surface area contributed by atoms with Gasteiger partial charge in [-0.15, -0.1) is 4.73 Å². The van der Waals surface area contributed by atoms with Crippen LogP contribution >= 0.6 is 0 Å². The average Bonchev–Trinajstić information content (AvgIpc) is 2.80. The zero-order chi connectivity index (χ0) is 9.87. The molecule has 1 fully saturated rings. The van der Waals surface area contributed by atoms with Gasteiger partial charge < -0.3 is 19.8 Å². The average molecular weight is 197 g/mol. The van der Waals surface area contributed by atoms with Gasteiger partial charge in [-0.25, -0.2) is 0 Å². The van der Waals surface area contributed by atoms with Crippen molar-refractivity contribution < 1.29 is 19.8 Å². The van der Waals surface area contributed by atoms with Gasteiger partial charge >= 0.3 is 0 Å². The third-order valence-corrected chi connectivity index (χ3v) is 3.00. The maximum atomic E-state index is 9.75. The Bertz CT molecular complexity index is 365. The van der Waals surface area contributed by atoms with Crippen molar-refractivity contribution in [2.45, 2.75) is 25.0 Å². The Hall–Kier alpha value is -1.36.